The third-order valence-corrected chi connectivity index (χ3v) is 3.68. The molecule has 90 valence electrons. The van der Waals surface area contributed by atoms with Crippen molar-refractivity contribution in [3.05, 3.63) is 35.4 Å². The van der Waals surface area contributed by atoms with Crippen LogP contribution in [-0.2, 0) is 6.42 Å². The summed E-state index contributed by atoms with van der Waals surface area (Å²) in [6.07, 6.45) is 1.10. The maximum Gasteiger partial charge on any atom is 0.0257 e. The van der Waals surface area contributed by atoms with E-state index in [-0.39, 0.29) is 0 Å². The summed E-state index contributed by atoms with van der Waals surface area (Å²) in [4.78, 5) is 0. The smallest absolute Gasteiger partial charge is 0.0257 e. The van der Waals surface area contributed by atoms with Gasteiger partial charge in [0.05, 0.1) is 0 Å². The zero-order chi connectivity index (χ0) is 12.1. The van der Waals surface area contributed by atoms with Crippen molar-refractivity contribution >= 4 is 11.6 Å². The summed E-state index contributed by atoms with van der Waals surface area (Å²) >= 11 is 5.99. The van der Waals surface area contributed by atoms with Gasteiger partial charge in [-0.15, -0.1) is 11.6 Å². The molecule has 1 unspecified atom stereocenters. The Balaban J connectivity index is 2.67. The van der Waals surface area contributed by atoms with Gasteiger partial charge >= 0.3 is 0 Å². The quantitative estimate of drug-likeness (QED) is 0.643. The van der Waals surface area contributed by atoms with E-state index in [2.05, 4.69) is 52.0 Å². The molecule has 0 amide bonds. The van der Waals surface area contributed by atoms with Crippen LogP contribution in [0.3, 0.4) is 0 Å². The first-order valence-corrected chi connectivity index (χ1v) is 6.72. The molecule has 0 aliphatic heterocycles. The van der Waals surface area contributed by atoms with Gasteiger partial charge in [-0.05, 0) is 35.3 Å². The van der Waals surface area contributed by atoms with Crippen molar-refractivity contribution in [2.75, 3.05) is 5.88 Å². The fraction of sp³-hybridized carbons (Fsp3) is 0.600. The molecule has 1 aromatic rings. The number of halogens is 1. The zero-order valence-corrected chi connectivity index (χ0v) is 11.6. The molecule has 16 heavy (non-hydrogen) atoms. The zero-order valence-electron chi connectivity index (χ0n) is 10.8. The Labute approximate surface area is 105 Å². The van der Waals surface area contributed by atoms with E-state index >= 15 is 0 Å². The normalized spacial score (nSPS) is 13.4. The largest absolute Gasteiger partial charge is 0.126 e. The van der Waals surface area contributed by atoms with Crippen LogP contribution >= 0.6 is 11.6 Å². The summed E-state index contributed by atoms with van der Waals surface area (Å²) in [7, 11) is 0. The summed E-state index contributed by atoms with van der Waals surface area (Å²) in [6.45, 7) is 8.94. The van der Waals surface area contributed by atoms with Gasteiger partial charge < -0.3 is 0 Å². The number of rotatable bonds is 5. The van der Waals surface area contributed by atoms with E-state index in [1.54, 1.807) is 0 Å². The average Bonchev–Trinajstić information content (AvgIpc) is 2.26. The molecule has 1 heteroatoms. The van der Waals surface area contributed by atoms with Crippen LogP contribution in [0.1, 0.15) is 44.7 Å². The van der Waals surface area contributed by atoms with Gasteiger partial charge in [-0.25, -0.2) is 0 Å². The highest BCUT2D eigenvalue weighted by atomic mass is 35.5. The van der Waals surface area contributed by atoms with Gasteiger partial charge in [-0.1, -0.05) is 52.0 Å². The van der Waals surface area contributed by atoms with Gasteiger partial charge in [0.1, 0.15) is 0 Å². The predicted molar refractivity (Wildman–Crippen MR) is 73.3 cm³/mol. The molecular weight excluding hydrogens is 216 g/mol. The van der Waals surface area contributed by atoms with Crippen LogP contribution in [-0.4, -0.2) is 5.88 Å². The van der Waals surface area contributed by atoms with Gasteiger partial charge in [-0.2, -0.15) is 0 Å². The van der Waals surface area contributed by atoms with Crippen molar-refractivity contribution in [1.82, 2.24) is 0 Å². The van der Waals surface area contributed by atoms with Crippen molar-refractivity contribution in [2.45, 2.75) is 40.0 Å². The highest BCUT2D eigenvalue weighted by Gasteiger charge is 2.12. The van der Waals surface area contributed by atoms with E-state index in [9.17, 15) is 0 Å². The topological polar surface area (TPSA) is 0 Å². The third kappa shape index (κ3) is 3.83. The Bertz CT molecular complexity index is 298. The number of benzene rings is 1. The van der Waals surface area contributed by atoms with Gasteiger partial charge in [0.15, 0.2) is 0 Å². The van der Waals surface area contributed by atoms with Crippen molar-refractivity contribution in [1.29, 1.82) is 0 Å². The Morgan fingerprint density at radius 3 is 1.94 bits per heavy atom. The molecule has 0 nitrogen and oxygen atoms in total. The first kappa shape index (κ1) is 13.6. The van der Waals surface area contributed by atoms with Gasteiger partial charge in [0.2, 0.25) is 0 Å². The lowest BCUT2D eigenvalue weighted by molar-refractivity contribution is 0.422. The molecule has 0 bridgehead atoms. The van der Waals surface area contributed by atoms with E-state index in [1.807, 2.05) is 0 Å². The van der Waals surface area contributed by atoms with E-state index in [0.717, 1.165) is 12.3 Å². The molecular formula is C15H23Cl. The molecule has 0 saturated heterocycles. The molecule has 0 radical (unpaired) electrons. The lowest BCUT2D eigenvalue weighted by Gasteiger charge is -2.18. The summed E-state index contributed by atoms with van der Waals surface area (Å²) in [6, 6.07) is 8.98. The van der Waals surface area contributed by atoms with Crippen LogP contribution in [0.15, 0.2) is 24.3 Å². The molecule has 0 N–H and O–H groups in total. The fourth-order valence-corrected chi connectivity index (χ4v) is 2.28. The predicted octanol–water partition coefficient (Wildman–Crippen LogP) is 4.86. The third-order valence-electron chi connectivity index (χ3n) is 3.29. The van der Waals surface area contributed by atoms with E-state index in [4.69, 9.17) is 11.6 Å². The summed E-state index contributed by atoms with van der Waals surface area (Å²) in [5.41, 5.74) is 2.82. The maximum absolute atomic E-state index is 5.99. The Kier molecular flexibility index (Phi) is 5.34. The molecule has 0 spiro atoms. The second-order valence-electron chi connectivity index (χ2n) is 5.26. The van der Waals surface area contributed by atoms with E-state index in [0.29, 0.717) is 17.8 Å². The average molecular weight is 239 g/mol. The Morgan fingerprint density at radius 1 is 1.00 bits per heavy atom. The molecule has 0 saturated carbocycles. The highest BCUT2D eigenvalue weighted by Crippen LogP contribution is 2.20. The van der Waals surface area contributed by atoms with Crippen LogP contribution in [0.4, 0.5) is 0 Å². The maximum atomic E-state index is 5.99. The first-order valence-electron chi connectivity index (χ1n) is 6.19. The van der Waals surface area contributed by atoms with Crippen LogP contribution < -0.4 is 0 Å². The monoisotopic (exact) mass is 238 g/mol. The van der Waals surface area contributed by atoms with E-state index < -0.39 is 0 Å². The van der Waals surface area contributed by atoms with Gasteiger partial charge in [0.25, 0.3) is 0 Å². The van der Waals surface area contributed by atoms with Crippen LogP contribution in [0, 0.1) is 11.8 Å². The minimum atomic E-state index is 0.589. The molecule has 1 atom stereocenters. The number of hydrogen-bond acceptors (Lipinski definition) is 0. The Morgan fingerprint density at radius 2 is 1.56 bits per heavy atom. The van der Waals surface area contributed by atoms with E-state index in [1.165, 1.54) is 11.1 Å². The lowest BCUT2D eigenvalue weighted by Crippen LogP contribution is -2.13. The number of alkyl halides is 1. The second kappa shape index (κ2) is 6.30. The minimum Gasteiger partial charge on any atom is -0.126 e. The van der Waals surface area contributed by atoms with Crippen molar-refractivity contribution in [3.63, 3.8) is 0 Å². The van der Waals surface area contributed by atoms with Gasteiger partial charge in [-0.3, -0.25) is 0 Å². The molecule has 1 rings (SSSR count). The summed E-state index contributed by atoms with van der Waals surface area (Å²) in [5, 5.41) is 0. The van der Waals surface area contributed by atoms with Crippen molar-refractivity contribution in [3.8, 4) is 0 Å². The SMILES string of the molecule is CC(C)c1ccc(CC(CCl)C(C)C)cc1. The molecule has 0 aromatic heterocycles. The summed E-state index contributed by atoms with van der Waals surface area (Å²) < 4.78 is 0. The Hall–Kier alpha value is -0.490. The minimum absolute atomic E-state index is 0.589. The first-order chi connectivity index (χ1) is 7.54. The lowest BCUT2D eigenvalue weighted by atomic mass is 9.90. The molecule has 0 fully saturated rings. The highest BCUT2D eigenvalue weighted by molar-refractivity contribution is 6.18. The number of hydrogen-bond donors (Lipinski definition) is 0. The van der Waals surface area contributed by atoms with Crippen molar-refractivity contribution in [2.24, 2.45) is 11.8 Å². The second-order valence-corrected chi connectivity index (χ2v) is 5.57. The molecule has 0 heterocycles. The molecule has 0 aliphatic rings. The standard InChI is InChI=1S/C15H23Cl/c1-11(2)14-7-5-13(6-8-14)9-15(10-16)12(3)4/h5-8,11-12,15H,9-10H2,1-4H3. The van der Waals surface area contributed by atoms with Crippen LogP contribution in [0.5, 0.6) is 0 Å². The van der Waals surface area contributed by atoms with Gasteiger partial charge in [0, 0.05) is 5.88 Å². The molecule has 0 aliphatic carbocycles. The van der Waals surface area contributed by atoms with Crippen molar-refractivity contribution < 1.29 is 0 Å². The van der Waals surface area contributed by atoms with Crippen LogP contribution in [0.2, 0.25) is 0 Å². The molecule has 1 aromatic carbocycles. The summed E-state index contributed by atoms with van der Waals surface area (Å²) in [5.74, 6) is 2.61. The van der Waals surface area contributed by atoms with Crippen LogP contribution in [0.25, 0.3) is 0 Å². The fourth-order valence-electron chi connectivity index (χ4n) is 1.81.